The smallest absolute Gasteiger partial charge is 0.118 e. The van der Waals surface area contributed by atoms with Crippen LogP contribution in [-0.4, -0.2) is 24.0 Å². The quantitative estimate of drug-likeness (QED) is 0.691. The fourth-order valence-corrected chi connectivity index (χ4v) is 2.28. The highest BCUT2D eigenvalue weighted by Crippen LogP contribution is 2.18. The van der Waals surface area contributed by atoms with Crippen molar-refractivity contribution in [3.8, 4) is 0 Å². The summed E-state index contributed by atoms with van der Waals surface area (Å²) in [4.78, 5) is 2.46. The van der Waals surface area contributed by atoms with Crippen molar-refractivity contribution in [2.45, 2.75) is 66.6 Å². The van der Waals surface area contributed by atoms with E-state index >= 15 is 0 Å². The van der Waals surface area contributed by atoms with E-state index in [-0.39, 0.29) is 0 Å². The van der Waals surface area contributed by atoms with Crippen LogP contribution < -0.4 is 5.32 Å². The lowest BCUT2D eigenvalue weighted by Gasteiger charge is -2.25. The van der Waals surface area contributed by atoms with Gasteiger partial charge in [-0.3, -0.25) is 4.90 Å². The summed E-state index contributed by atoms with van der Waals surface area (Å²) in [7, 11) is 0. The summed E-state index contributed by atoms with van der Waals surface area (Å²) in [5.41, 5.74) is 1.30. The molecule has 1 aromatic heterocycles. The first kappa shape index (κ1) is 16.3. The SMILES string of the molecule is CCCNCc1cc(CN(CC)C(C)CC)oc1C. The average Bonchev–Trinajstić information content (AvgIpc) is 2.76. The molecule has 0 aliphatic heterocycles. The lowest BCUT2D eigenvalue weighted by atomic mass is 10.2. The Bertz CT molecular complexity index is 360. The third-order valence-corrected chi connectivity index (χ3v) is 3.79. The van der Waals surface area contributed by atoms with Gasteiger partial charge in [-0.25, -0.2) is 0 Å². The van der Waals surface area contributed by atoms with Gasteiger partial charge >= 0.3 is 0 Å². The predicted molar refractivity (Wildman–Crippen MR) is 81.3 cm³/mol. The fraction of sp³-hybridized carbons (Fsp3) is 0.750. The maximum absolute atomic E-state index is 5.89. The summed E-state index contributed by atoms with van der Waals surface area (Å²) in [6.45, 7) is 14.9. The molecular weight excluding hydrogens is 236 g/mol. The van der Waals surface area contributed by atoms with Gasteiger partial charge < -0.3 is 9.73 Å². The molecule has 1 aromatic rings. The molecule has 0 spiro atoms. The average molecular weight is 266 g/mol. The number of nitrogens with one attached hydrogen (secondary N) is 1. The van der Waals surface area contributed by atoms with Gasteiger partial charge in [-0.05, 0) is 45.8 Å². The fourth-order valence-electron chi connectivity index (χ4n) is 2.28. The van der Waals surface area contributed by atoms with Crippen molar-refractivity contribution in [2.75, 3.05) is 13.1 Å². The Kier molecular flexibility index (Phi) is 7.17. The molecule has 1 rings (SSSR count). The Morgan fingerprint density at radius 1 is 1.32 bits per heavy atom. The second-order valence-corrected chi connectivity index (χ2v) is 5.29. The molecule has 0 aliphatic rings. The van der Waals surface area contributed by atoms with Crippen molar-refractivity contribution in [3.05, 3.63) is 23.2 Å². The van der Waals surface area contributed by atoms with E-state index in [2.05, 4.69) is 50.9 Å². The molecule has 3 heteroatoms. The van der Waals surface area contributed by atoms with Crippen LogP contribution in [0.4, 0.5) is 0 Å². The molecule has 1 unspecified atom stereocenters. The Hall–Kier alpha value is -0.800. The number of nitrogens with zero attached hydrogens (tertiary/aromatic N) is 1. The summed E-state index contributed by atoms with van der Waals surface area (Å²) in [5, 5.41) is 3.43. The molecule has 19 heavy (non-hydrogen) atoms. The number of hydrogen-bond donors (Lipinski definition) is 1. The highest BCUT2D eigenvalue weighted by molar-refractivity contribution is 5.20. The molecular formula is C16H30N2O. The molecule has 0 bridgehead atoms. The summed E-state index contributed by atoms with van der Waals surface area (Å²) in [6, 6.07) is 2.82. The van der Waals surface area contributed by atoms with Crippen LogP contribution >= 0.6 is 0 Å². The number of rotatable bonds is 9. The zero-order chi connectivity index (χ0) is 14.3. The van der Waals surface area contributed by atoms with E-state index in [9.17, 15) is 0 Å². The Morgan fingerprint density at radius 2 is 2.05 bits per heavy atom. The Labute approximate surface area is 118 Å². The summed E-state index contributed by atoms with van der Waals surface area (Å²) in [6.07, 6.45) is 2.35. The van der Waals surface area contributed by atoms with Crippen molar-refractivity contribution in [1.82, 2.24) is 10.2 Å². The van der Waals surface area contributed by atoms with Crippen molar-refractivity contribution < 1.29 is 4.42 Å². The third kappa shape index (κ3) is 5.00. The highest BCUT2D eigenvalue weighted by atomic mass is 16.3. The van der Waals surface area contributed by atoms with Crippen LogP contribution in [-0.2, 0) is 13.1 Å². The maximum atomic E-state index is 5.89. The van der Waals surface area contributed by atoms with Gasteiger partial charge in [0.2, 0.25) is 0 Å². The van der Waals surface area contributed by atoms with E-state index < -0.39 is 0 Å². The van der Waals surface area contributed by atoms with Gasteiger partial charge in [0.25, 0.3) is 0 Å². The van der Waals surface area contributed by atoms with E-state index in [1.807, 2.05) is 0 Å². The van der Waals surface area contributed by atoms with Crippen LogP contribution in [0, 0.1) is 6.92 Å². The lowest BCUT2D eigenvalue weighted by Crippen LogP contribution is -2.31. The molecule has 0 radical (unpaired) electrons. The van der Waals surface area contributed by atoms with Gasteiger partial charge in [0, 0.05) is 18.2 Å². The minimum Gasteiger partial charge on any atom is -0.465 e. The minimum absolute atomic E-state index is 0.608. The predicted octanol–water partition coefficient (Wildman–Crippen LogP) is 3.71. The van der Waals surface area contributed by atoms with Crippen LogP contribution in [0.25, 0.3) is 0 Å². The van der Waals surface area contributed by atoms with Crippen LogP contribution in [0.15, 0.2) is 10.5 Å². The molecule has 1 N–H and O–H groups in total. The minimum atomic E-state index is 0.608. The summed E-state index contributed by atoms with van der Waals surface area (Å²) >= 11 is 0. The first-order chi connectivity index (χ1) is 9.12. The summed E-state index contributed by atoms with van der Waals surface area (Å²) < 4.78 is 5.89. The highest BCUT2D eigenvalue weighted by Gasteiger charge is 2.14. The number of aryl methyl sites for hydroxylation is 1. The zero-order valence-electron chi connectivity index (χ0n) is 13.3. The molecule has 0 saturated carbocycles. The maximum Gasteiger partial charge on any atom is 0.118 e. The van der Waals surface area contributed by atoms with Gasteiger partial charge in [-0.1, -0.05) is 20.8 Å². The second kappa shape index (κ2) is 8.39. The van der Waals surface area contributed by atoms with Crippen LogP contribution in [0.1, 0.15) is 57.6 Å². The number of furan rings is 1. The molecule has 3 nitrogen and oxygen atoms in total. The van der Waals surface area contributed by atoms with Gasteiger partial charge in [0.05, 0.1) is 6.54 Å². The van der Waals surface area contributed by atoms with E-state index in [1.165, 1.54) is 18.4 Å². The molecule has 1 heterocycles. The van der Waals surface area contributed by atoms with Gasteiger partial charge in [0.15, 0.2) is 0 Å². The standard InChI is InChI=1S/C16H30N2O/c1-6-9-17-11-15-10-16(19-14(15)5)12-18(8-3)13(4)7-2/h10,13,17H,6-9,11-12H2,1-5H3. The largest absolute Gasteiger partial charge is 0.465 e. The Balaban J connectivity index is 2.61. The topological polar surface area (TPSA) is 28.4 Å². The van der Waals surface area contributed by atoms with Gasteiger partial charge in [-0.2, -0.15) is 0 Å². The first-order valence-corrected chi connectivity index (χ1v) is 7.65. The lowest BCUT2D eigenvalue weighted by molar-refractivity contribution is 0.189. The molecule has 110 valence electrons. The monoisotopic (exact) mass is 266 g/mol. The molecule has 1 atom stereocenters. The second-order valence-electron chi connectivity index (χ2n) is 5.29. The zero-order valence-corrected chi connectivity index (χ0v) is 13.3. The third-order valence-electron chi connectivity index (χ3n) is 3.79. The van der Waals surface area contributed by atoms with Crippen molar-refractivity contribution >= 4 is 0 Å². The molecule has 0 aromatic carbocycles. The molecule has 0 saturated heterocycles. The van der Waals surface area contributed by atoms with Crippen LogP contribution in [0.2, 0.25) is 0 Å². The van der Waals surface area contributed by atoms with Crippen molar-refractivity contribution in [2.24, 2.45) is 0 Å². The number of hydrogen-bond acceptors (Lipinski definition) is 3. The van der Waals surface area contributed by atoms with E-state index in [4.69, 9.17) is 4.42 Å². The normalized spacial score (nSPS) is 13.2. The first-order valence-electron chi connectivity index (χ1n) is 7.65. The molecule has 0 fully saturated rings. The van der Waals surface area contributed by atoms with Gasteiger partial charge in [0.1, 0.15) is 11.5 Å². The van der Waals surface area contributed by atoms with Gasteiger partial charge in [-0.15, -0.1) is 0 Å². The van der Waals surface area contributed by atoms with Crippen molar-refractivity contribution in [1.29, 1.82) is 0 Å². The van der Waals surface area contributed by atoms with E-state index in [0.717, 1.165) is 37.7 Å². The van der Waals surface area contributed by atoms with Crippen LogP contribution in [0.3, 0.4) is 0 Å². The Morgan fingerprint density at radius 3 is 2.63 bits per heavy atom. The van der Waals surface area contributed by atoms with E-state index in [0.29, 0.717) is 6.04 Å². The van der Waals surface area contributed by atoms with E-state index in [1.54, 1.807) is 0 Å². The summed E-state index contributed by atoms with van der Waals surface area (Å²) in [5.74, 6) is 2.15. The molecule has 0 aliphatic carbocycles. The van der Waals surface area contributed by atoms with Crippen LogP contribution in [0.5, 0.6) is 0 Å². The molecule has 0 amide bonds. The van der Waals surface area contributed by atoms with Crippen molar-refractivity contribution in [3.63, 3.8) is 0 Å².